The molecule has 1 aromatic rings. The first-order chi connectivity index (χ1) is 15.0. The Morgan fingerprint density at radius 1 is 1.22 bits per heavy atom. The summed E-state index contributed by atoms with van der Waals surface area (Å²) in [6.45, 7) is 15.2. The standard InChI is InChI=1S/C27H34F2N2O/c1-9-12-13-26(31-23-14-15-25(21(7)32)22(10-2)16-23)20(6)30-17-18(4)24(11-3)19(5)27(8,28)29/h9,11-17,31H,5,10H2,1-4,6-8H3/b12-9-,18-17+,24-11-,26-13+,30-20+. The quantitative estimate of drug-likeness (QED) is 0.229. The van der Waals surface area contributed by atoms with E-state index in [9.17, 15) is 13.6 Å². The summed E-state index contributed by atoms with van der Waals surface area (Å²) in [5, 5.41) is 3.35. The van der Waals surface area contributed by atoms with E-state index in [-0.39, 0.29) is 11.4 Å². The Bertz CT molecular complexity index is 1000. The number of aryl methyl sites for hydroxylation is 1. The molecular weight excluding hydrogens is 406 g/mol. The van der Waals surface area contributed by atoms with Gasteiger partial charge in [0, 0.05) is 29.9 Å². The van der Waals surface area contributed by atoms with Crippen LogP contribution in [0.3, 0.4) is 0 Å². The van der Waals surface area contributed by atoms with E-state index in [0.29, 0.717) is 22.4 Å². The summed E-state index contributed by atoms with van der Waals surface area (Å²) < 4.78 is 27.4. The molecule has 1 N–H and O–H groups in total. The number of Topliss-reactive ketones (excluding diaryl/α,β-unsaturated/α-hetero) is 1. The molecule has 0 radical (unpaired) electrons. The van der Waals surface area contributed by atoms with E-state index in [0.717, 1.165) is 30.3 Å². The van der Waals surface area contributed by atoms with Crippen LogP contribution in [-0.4, -0.2) is 17.4 Å². The fourth-order valence-corrected chi connectivity index (χ4v) is 3.12. The zero-order chi connectivity index (χ0) is 24.5. The molecule has 32 heavy (non-hydrogen) atoms. The first-order valence-electron chi connectivity index (χ1n) is 10.7. The molecule has 0 saturated heterocycles. The molecular formula is C27H34F2N2O. The van der Waals surface area contributed by atoms with E-state index in [1.165, 1.54) is 0 Å². The Kier molecular flexibility index (Phi) is 10.2. The molecule has 0 bridgehead atoms. The van der Waals surface area contributed by atoms with Crippen LogP contribution in [0.4, 0.5) is 14.5 Å². The van der Waals surface area contributed by atoms with E-state index in [1.54, 1.807) is 33.0 Å². The number of alkyl halides is 2. The minimum Gasteiger partial charge on any atom is -0.354 e. The van der Waals surface area contributed by atoms with Crippen LogP contribution in [0.5, 0.6) is 0 Å². The van der Waals surface area contributed by atoms with E-state index in [2.05, 4.69) is 16.9 Å². The van der Waals surface area contributed by atoms with Crippen molar-refractivity contribution in [3.8, 4) is 0 Å². The summed E-state index contributed by atoms with van der Waals surface area (Å²) in [4.78, 5) is 16.3. The van der Waals surface area contributed by atoms with Crippen molar-refractivity contribution in [3.05, 3.63) is 88.8 Å². The number of hydrogen-bond acceptors (Lipinski definition) is 3. The van der Waals surface area contributed by atoms with Crippen molar-refractivity contribution in [1.29, 1.82) is 0 Å². The zero-order valence-corrected chi connectivity index (χ0v) is 20.1. The highest BCUT2D eigenvalue weighted by molar-refractivity contribution is 6.01. The number of benzene rings is 1. The Hall–Kier alpha value is -3.08. The largest absolute Gasteiger partial charge is 0.354 e. The number of rotatable bonds is 10. The lowest BCUT2D eigenvalue weighted by atomic mass is 9.96. The summed E-state index contributed by atoms with van der Waals surface area (Å²) in [5.41, 5.74) is 4.71. The van der Waals surface area contributed by atoms with Crippen LogP contribution in [0, 0.1) is 0 Å². The third-order valence-corrected chi connectivity index (χ3v) is 5.01. The van der Waals surface area contributed by atoms with Crippen LogP contribution in [0.1, 0.15) is 64.4 Å². The summed E-state index contributed by atoms with van der Waals surface area (Å²) in [7, 11) is 0. The van der Waals surface area contributed by atoms with Crippen LogP contribution < -0.4 is 5.32 Å². The number of nitrogens with one attached hydrogen (secondary N) is 1. The molecule has 0 atom stereocenters. The van der Waals surface area contributed by atoms with Crippen molar-refractivity contribution in [2.24, 2.45) is 4.99 Å². The molecule has 0 amide bonds. The maximum atomic E-state index is 13.7. The van der Waals surface area contributed by atoms with Gasteiger partial charge in [0.1, 0.15) is 0 Å². The van der Waals surface area contributed by atoms with Gasteiger partial charge in [-0.15, -0.1) is 0 Å². The molecule has 1 rings (SSSR count). The topological polar surface area (TPSA) is 41.5 Å². The number of anilines is 1. The van der Waals surface area contributed by atoms with Gasteiger partial charge in [0.15, 0.2) is 5.78 Å². The van der Waals surface area contributed by atoms with Crippen molar-refractivity contribution in [1.82, 2.24) is 0 Å². The van der Waals surface area contributed by atoms with Crippen LogP contribution in [-0.2, 0) is 6.42 Å². The van der Waals surface area contributed by atoms with Crippen molar-refractivity contribution in [2.45, 2.75) is 60.8 Å². The SMILES string of the molecule is C=C(C(=C\C)/C(C)=C/N=C(C)/C(=C\C=C/C)Nc1ccc(C(C)=O)c(CC)c1)C(C)(F)F. The number of halogens is 2. The Morgan fingerprint density at radius 2 is 1.88 bits per heavy atom. The van der Waals surface area contributed by atoms with E-state index >= 15 is 0 Å². The molecule has 0 aliphatic carbocycles. The normalized spacial score (nSPS) is 14.2. The number of ketones is 1. The Morgan fingerprint density at radius 3 is 2.38 bits per heavy atom. The lowest BCUT2D eigenvalue weighted by Crippen LogP contribution is -2.15. The highest BCUT2D eigenvalue weighted by atomic mass is 19.3. The highest BCUT2D eigenvalue weighted by Gasteiger charge is 2.28. The van der Waals surface area contributed by atoms with Gasteiger partial charge in [0.05, 0.1) is 11.4 Å². The first-order valence-corrected chi connectivity index (χ1v) is 10.7. The minimum atomic E-state index is -3.00. The van der Waals surface area contributed by atoms with Crippen molar-refractivity contribution < 1.29 is 13.6 Å². The highest BCUT2D eigenvalue weighted by Crippen LogP contribution is 2.31. The monoisotopic (exact) mass is 440 g/mol. The fraction of sp³-hybridized carbons (Fsp3) is 0.333. The van der Waals surface area contributed by atoms with Gasteiger partial charge in [-0.2, -0.15) is 0 Å². The predicted octanol–water partition coefficient (Wildman–Crippen LogP) is 7.85. The van der Waals surface area contributed by atoms with Gasteiger partial charge >= 0.3 is 0 Å². The number of carbonyl (C=O) groups excluding carboxylic acids is 1. The van der Waals surface area contributed by atoms with Crippen LogP contribution >= 0.6 is 0 Å². The smallest absolute Gasteiger partial charge is 0.270 e. The molecule has 0 heterocycles. The molecule has 0 aromatic heterocycles. The number of allylic oxidation sites excluding steroid dienone is 8. The van der Waals surface area contributed by atoms with E-state index in [4.69, 9.17) is 0 Å². The number of nitrogens with zero attached hydrogens (tertiary/aromatic N) is 1. The summed E-state index contributed by atoms with van der Waals surface area (Å²) in [6.07, 6.45) is 9.61. The van der Waals surface area contributed by atoms with Crippen LogP contribution in [0.2, 0.25) is 0 Å². The fourth-order valence-electron chi connectivity index (χ4n) is 3.12. The molecule has 0 aliphatic heterocycles. The second-order valence-corrected chi connectivity index (χ2v) is 7.61. The summed E-state index contributed by atoms with van der Waals surface area (Å²) in [5.74, 6) is -2.97. The molecule has 0 saturated carbocycles. The maximum Gasteiger partial charge on any atom is 0.270 e. The summed E-state index contributed by atoms with van der Waals surface area (Å²) >= 11 is 0. The average molecular weight is 441 g/mol. The molecule has 5 heteroatoms. The van der Waals surface area contributed by atoms with Gasteiger partial charge in [-0.25, -0.2) is 8.78 Å². The lowest BCUT2D eigenvalue weighted by Gasteiger charge is -2.17. The van der Waals surface area contributed by atoms with Crippen molar-refractivity contribution in [2.75, 3.05) is 5.32 Å². The molecule has 0 fully saturated rings. The predicted molar refractivity (Wildman–Crippen MR) is 133 cm³/mol. The van der Waals surface area contributed by atoms with Gasteiger partial charge in [-0.05, 0) is 82.0 Å². The van der Waals surface area contributed by atoms with Gasteiger partial charge < -0.3 is 5.32 Å². The third-order valence-electron chi connectivity index (χ3n) is 5.01. The number of hydrogen-bond donors (Lipinski definition) is 1. The lowest BCUT2D eigenvalue weighted by molar-refractivity contribution is 0.0667. The minimum absolute atomic E-state index is 0.0375. The molecule has 0 unspecified atom stereocenters. The Balaban J connectivity index is 3.28. The Labute approximate surface area is 191 Å². The van der Waals surface area contributed by atoms with Gasteiger partial charge in [-0.3, -0.25) is 9.79 Å². The second kappa shape index (κ2) is 12.1. The molecule has 0 spiro atoms. The van der Waals surface area contributed by atoms with Gasteiger partial charge in [-0.1, -0.05) is 31.7 Å². The summed E-state index contributed by atoms with van der Waals surface area (Å²) in [6, 6.07) is 5.64. The van der Waals surface area contributed by atoms with Gasteiger partial charge in [0.2, 0.25) is 0 Å². The molecule has 3 nitrogen and oxygen atoms in total. The van der Waals surface area contributed by atoms with Crippen molar-refractivity contribution >= 4 is 17.2 Å². The average Bonchev–Trinajstić information content (AvgIpc) is 2.74. The third kappa shape index (κ3) is 7.56. The van der Waals surface area contributed by atoms with Crippen molar-refractivity contribution in [3.63, 3.8) is 0 Å². The molecule has 1 aromatic carbocycles. The first kappa shape index (κ1) is 27.0. The zero-order valence-electron chi connectivity index (χ0n) is 20.1. The van der Waals surface area contributed by atoms with E-state index < -0.39 is 5.92 Å². The number of aliphatic imine (C=N–C) groups is 1. The second-order valence-electron chi connectivity index (χ2n) is 7.61. The molecule has 0 aliphatic rings. The molecule has 172 valence electrons. The van der Waals surface area contributed by atoms with Crippen LogP contribution in [0.15, 0.2) is 82.7 Å². The maximum absolute atomic E-state index is 13.7. The number of carbonyl (C=O) groups is 1. The van der Waals surface area contributed by atoms with Crippen LogP contribution in [0.25, 0.3) is 0 Å². The van der Waals surface area contributed by atoms with E-state index in [1.807, 2.05) is 57.2 Å². The van der Waals surface area contributed by atoms with Gasteiger partial charge in [0.25, 0.3) is 5.92 Å².